The Morgan fingerprint density at radius 3 is 2.75 bits per heavy atom. The first kappa shape index (κ1) is 15.5. The molecule has 2 rings (SSSR count). The summed E-state index contributed by atoms with van der Waals surface area (Å²) >= 11 is 9.51. The zero-order valence-electron chi connectivity index (χ0n) is 11.6. The van der Waals surface area contributed by atoms with Gasteiger partial charge in [-0.25, -0.2) is 0 Å². The molecule has 0 radical (unpaired) electrons. The van der Waals surface area contributed by atoms with Crippen molar-refractivity contribution in [1.29, 1.82) is 0 Å². The molecule has 0 fully saturated rings. The predicted molar refractivity (Wildman–Crippen MR) is 85.0 cm³/mol. The molecular formula is C14H18BrClN4. The van der Waals surface area contributed by atoms with Crippen molar-refractivity contribution in [2.24, 2.45) is 0 Å². The van der Waals surface area contributed by atoms with E-state index >= 15 is 0 Å². The monoisotopic (exact) mass is 356 g/mol. The fourth-order valence-corrected chi connectivity index (χ4v) is 2.74. The molecule has 1 N–H and O–H groups in total. The number of aromatic nitrogens is 3. The Labute approximate surface area is 132 Å². The van der Waals surface area contributed by atoms with Crippen molar-refractivity contribution in [2.45, 2.75) is 32.9 Å². The van der Waals surface area contributed by atoms with Crippen LogP contribution in [0.1, 0.15) is 37.7 Å². The molecule has 0 saturated heterocycles. The third kappa shape index (κ3) is 3.40. The topological polar surface area (TPSA) is 42.7 Å². The van der Waals surface area contributed by atoms with Crippen LogP contribution >= 0.6 is 27.5 Å². The van der Waals surface area contributed by atoms with Crippen LogP contribution in [0.25, 0.3) is 0 Å². The number of nitrogens with zero attached hydrogens (tertiary/aromatic N) is 3. The molecule has 0 saturated carbocycles. The van der Waals surface area contributed by atoms with Crippen molar-refractivity contribution >= 4 is 27.5 Å². The number of pyridine rings is 1. The van der Waals surface area contributed by atoms with Crippen LogP contribution in [0, 0.1) is 0 Å². The molecule has 0 bridgehead atoms. The SMILES string of the molecule is CCCNC(c1ccc(Cl)cn1)c1c(Br)cnn1CC. The number of halogens is 2. The Hall–Kier alpha value is -0.910. The molecule has 1 unspecified atom stereocenters. The van der Waals surface area contributed by atoms with E-state index in [4.69, 9.17) is 11.6 Å². The van der Waals surface area contributed by atoms with Crippen molar-refractivity contribution in [2.75, 3.05) is 6.54 Å². The van der Waals surface area contributed by atoms with Gasteiger partial charge in [0.05, 0.1) is 33.1 Å². The molecule has 0 aliphatic rings. The van der Waals surface area contributed by atoms with E-state index in [0.29, 0.717) is 5.02 Å². The van der Waals surface area contributed by atoms with E-state index in [1.54, 1.807) is 6.20 Å². The summed E-state index contributed by atoms with van der Waals surface area (Å²) in [6.45, 7) is 5.95. The van der Waals surface area contributed by atoms with E-state index in [1.807, 2.05) is 23.0 Å². The molecule has 0 spiro atoms. The van der Waals surface area contributed by atoms with E-state index in [1.165, 1.54) is 0 Å². The molecule has 108 valence electrons. The highest BCUT2D eigenvalue weighted by molar-refractivity contribution is 9.10. The molecular weight excluding hydrogens is 340 g/mol. The van der Waals surface area contributed by atoms with E-state index in [-0.39, 0.29) is 6.04 Å². The van der Waals surface area contributed by atoms with Gasteiger partial charge in [-0.2, -0.15) is 5.10 Å². The lowest BCUT2D eigenvalue weighted by atomic mass is 10.1. The van der Waals surface area contributed by atoms with E-state index < -0.39 is 0 Å². The fourth-order valence-electron chi connectivity index (χ4n) is 2.10. The number of hydrogen-bond donors (Lipinski definition) is 1. The molecule has 0 aromatic carbocycles. The summed E-state index contributed by atoms with van der Waals surface area (Å²) in [5.41, 5.74) is 2.04. The first-order chi connectivity index (χ1) is 9.67. The zero-order valence-corrected chi connectivity index (χ0v) is 13.9. The largest absolute Gasteiger partial charge is 0.304 e. The van der Waals surface area contributed by atoms with Crippen LogP contribution in [-0.2, 0) is 6.54 Å². The normalized spacial score (nSPS) is 12.6. The summed E-state index contributed by atoms with van der Waals surface area (Å²) < 4.78 is 2.97. The first-order valence-electron chi connectivity index (χ1n) is 6.73. The average molecular weight is 358 g/mol. The molecule has 20 heavy (non-hydrogen) atoms. The molecule has 1 atom stereocenters. The lowest BCUT2D eigenvalue weighted by molar-refractivity contribution is 0.520. The summed E-state index contributed by atoms with van der Waals surface area (Å²) in [6, 6.07) is 3.82. The second-order valence-electron chi connectivity index (χ2n) is 4.48. The summed E-state index contributed by atoms with van der Waals surface area (Å²) in [4.78, 5) is 4.45. The molecule has 2 aromatic heterocycles. The van der Waals surface area contributed by atoms with E-state index in [2.05, 4.69) is 45.2 Å². The predicted octanol–water partition coefficient (Wildman–Crippen LogP) is 3.80. The van der Waals surface area contributed by atoms with Gasteiger partial charge in [-0.05, 0) is 48.0 Å². The molecule has 2 heterocycles. The quantitative estimate of drug-likeness (QED) is 0.855. The number of hydrogen-bond acceptors (Lipinski definition) is 3. The van der Waals surface area contributed by atoms with Gasteiger partial charge in [0.1, 0.15) is 0 Å². The second kappa shape index (κ2) is 7.20. The van der Waals surface area contributed by atoms with Gasteiger partial charge in [0.2, 0.25) is 0 Å². The molecule has 0 amide bonds. The molecule has 2 aromatic rings. The lowest BCUT2D eigenvalue weighted by Gasteiger charge is -2.20. The van der Waals surface area contributed by atoms with Gasteiger partial charge in [-0.1, -0.05) is 18.5 Å². The highest BCUT2D eigenvalue weighted by Gasteiger charge is 2.22. The van der Waals surface area contributed by atoms with Crippen LogP contribution in [0.4, 0.5) is 0 Å². The number of rotatable bonds is 6. The third-order valence-electron chi connectivity index (χ3n) is 3.05. The fraction of sp³-hybridized carbons (Fsp3) is 0.429. The molecule has 0 aliphatic heterocycles. The van der Waals surface area contributed by atoms with Crippen LogP contribution in [-0.4, -0.2) is 21.3 Å². The van der Waals surface area contributed by atoms with Gasteiger partial charge in [-0.15, -0.1) is 0 Å². The molecule has 0 aliphatic carbocycles. The van der Waals surface area contributed by atoms with Crippen molar-refractivity contribution in [3.05, 3.63) is 45.4 Å². The number of nitrogens with one attached hydrogen (secondary N) is 1. The van der Waals surface area contributed by atoms with Gasteiger partial charge in [0.25, 0.3) is 0 Å². The van der Waals surface area contributed by atoms with Crippen LogP contribution in [0.3, 0.4) is 0 Å². The van der Waals surface area contributed by atoms with Crippen molar-refractivity contribution in [3.63, 3.8) is 0 Å². The van der Waals surface area contributed by atoms with Crippen LogP contribution < -0.4 is 5.32 Å². The van der Waals surface area contributed by atoms with Crippen molar-refractivity contribution in [3.8, 4) is 0 Å². The Kier molecular flexibility index (Phi) is 5.57. The molecule has 6 heteroatoms. The van der Waals surface area contributed by atoms with Crippen LogP contribution in [0.15, 0.2) is 29.0 Å². The summed E-state index contributed by atoms with van der Waals surface area (Å²) in [5.74, 6) is 0. The van der Waals surface area contributed by atoms with Gasteiger partial charge >= 0.3 is 0 Å². The van der Waals surface area contributed by atoms with Crippen molar-refractivity contribution in [1.82, 2.24) is 20.1 Å². The Balaban J connectivity index is 2.41. The van der Waals surface area contributed by atoms with Crippen LogP contribution in [0.5, 0.6) is 0 Å². The summed E-state index contributed by atoms with van der Waals surface area (Å²) in [7, 11) is 0. The average Bonchev–Trinajstić information content (AvgIpc) is 2.82. The Bertz CT molecular complexity index is 553. The van der Waals surface area contributed by atoms with E-state index in [9.17, 15) is 0 Å². The minimum atomic E-state index is 0.00374. The van der Waals surface area contributed by atoms with Crippen LogP contribution in [0.2, 0.25) is 5.02 Å². The zero-order chi connectivity index (χ0) is 14.5. The summed E-state index contributed by atoms with van der Waals surface area (Å²) in [5, 5.41) is 8.55. The highest BCUT2D eigenvalue weighted by atomic mass is 79.9. The maximum atomic E-state index is 5.93. The minimum Gasteiger partial charge on any atom is -0.304 e. The highest BCUT2D eigenvalue weighted by Crippen LogP contribution is 2.28. The van der Waals surface area contributed by atoms with Gasteiger partial charge in [-0.3, -0.25) is 9.67 Å². The first-order valence-corrected chi connectivity index (χ1v) is 7.90. The van der Waals surface area contributed by atoms with E-state index in [0.717, 1.165) is 35.4 Å². The van der Waals surface area contributed by atoms with Gasteiger partial charge < -0.3 is 5.32 Å². The Morgan fingerprint density at radius 2 is 2.15 bits per heavy atom. The standard InChI is InChI=1S/C14H18BrClN4/c1-3-7-17-13(12-6-5-10(16)8-18-12)14-11(15)9-19-20(14)4-2/h5-6,8-9,13,17H,3-4,7H2,1-2H3. The van der Waals surface area contributed by atoms with Gasteiger partial charge in [0, 0.05) is 12.7 Å². The summed E-state index contributed by atoms with van der Waals surface area (Å²) in [6.07, 6.45) is 4.56. The molecule has 4 nitrogen and oxygen atoms in total. The van der Waals surface area contributed by atoms with Crippen molar-refractivity contribution < 1.29 is 0 Å². The maximum Gasteiger partial charge on any atom is 0.0933 e. The number of aryl methyl sites for hydroxylation is 1. The minimum absolute atomic E-state index is 0.00374. The second-order valence-corrected chi connectivity index (χ2v) is 5.77. The van der Waals surface area contributed by atoms with Gasteiger partial charge in [0.15, 0.2) is 0 Å². The lowest BCUT2D eigenvalue weighted by Crippen LogP contribution is -2.26. The Morgan fingerprint density at radius 1 is 1.35 bits per heavy atom. The smallest absolute Gasteiger partial charge is 0.0933 e. The maximum absolute atomic E-state index is 5.93. The third-order valence-corrected chi connectivity index (χ3v) is 3.89.